The maximum atomic E-state index is 12.3. The van der Waals surface area contributed by atoms with Gasteiger partial charge in [0, 0.05) is 23.9 Å². The van der Waals surface area contributed by atoms with Crippen LogP contribution < -0.4 is 10.1 Å². The van der Waals surface area contributed by atoms with Gasteiger partial charge in [-0.25, -0.2) is 4.98 Å². The highest BCUT2D eigenvalue weighted by Crippen LogP contribution is 2.24. The van der Waals surface area contributed by atoms with Gasteiger partial charge in [-0.05, 0) is 74.2 Å². The number of pyridine rings is 1. The fraction of sp³-hybridized carbons (Fsp3) is 0.292. The van der Waals surface area contributed by atoms with Gasteiger partial charge in [-0.15, -0.1) is 0 Å². The minimum Gasteiger partial charge on any atom is -0.497 e. The van der Waals surface area contributed by atoms with E-state index in [1.54, 1.807) is 31.4 Å². The molecular weight excluding hydrogens is 362 g/mol. The molecule has 0 aliphatic rings. The second-order valence-electron chi connectivity index (χ2n) is 7.18. The Labute approximate surface area is 171 Å². The second-order valence-corrected chi connectivity index (χ2v) is 7.18. The number of ether oxygens (including phenoxy) is 1. The molecule has 0 spiro atoms. The van der Waals surface area contributed by atoms with Crippen molar-refractivity contribution in [2.45, 2.75) is 33.1 Å². The van der Waals surface area contributed by atoms with Gasteiger partial charge in [0.2, 0.25) is 0 Å². The fourth-order valence-corrected chi connectivity index (χ4v) is 3.39. The molecule has 0 bridgehead atoms. The quantitative estimate of drug-likeness (QED) is 0.425. The number of benzene rings is 2. The molecule has 1 heterocycles. The van der Waals surface area contributed by atoms with Crippen LogP contribution in [0.2, 0.25) is 0 Å². The van der Waals surface area contributed by atoms with E-state index in [9.17, 15) is 10.1 Å². The summed E-state index contributed by atoms with van der Waals surface area (Å²) in [5.41, 5.74) is 4.40. The van der Waals surface area contributed by atoms with Crippen molar-refractivity contribution in [1.29, 1.82) is 5.26 Å². The van der Waals surface area contributed by atoms with Crippen LogP contribution in [0.25, 0.3) is 10.9 Å². The van der Waals surface area contributed by atoms with Crippen LogP contribution in [0.15, 0.2) is 42.5 Å². The van der Waals surface area contributed by atoms with E-state index in [2.05, 4.69) is 22.4 Å². The first-order valence-electron chi connectivity index (χ1n) is 9.75. The molecule has 0 saturated carbocycles. The average molecular weight is 387 g/mol. The summed E-state index contributed by atoms with van der Waals surface area (Å²) in [6, 6.07) is 15.4. The van der Waals surface area contributed by atoms with Crippen molar-refractivity contribution >= 4 is 22.5 Å². The third-order valence-electron chi connectivity index (χ3n) is 4.94. The zero-order valence-corrected chi connectivity index (χ0v) is 17.1. The minimum absolute atomic E-state index is 0.125. The van der Waals surface area contributed by atoms with E-state index in [1.807, 2.05) is 26.0 Å². The summed E-state index contributed by atoms with van der Waals surface area (Å²) in [5.74, 6) is 1.47. The molecule has 0 radical (unpaired) electrons. The number of aromatic nitrogens is 1. The number of nitrogens with one attached hydrogen (secondary N) is 1. The Morgan fingerprint density at radius 3 is 2.59 bits per heavy atom. The molecule has 29 heavy (non-hydrogen) atoms. The topological polar surface area (TPSA) is 75.0 Å². The van der Waals surface area contributed by atoms with Gasteiger partial charge in [0.15, 0.2) is 5.78 Å². The van der Waals surface area contributed by atoms with E-state index in [-0.39, 0.29) is 5.78 Å². The molecule has 0 amide bonds. The van der Waals surface area contributed by atoms with E-state index in [4.69, 9.17) is 4.74 Å². The number of fused-ring (bicyclic) bond motifs is 1. The summed E-state index contributed by atoms with van der Waals surface area (Å²) in [4.78, 5) is 16.9. The van der Waals surface area contributed by atoms with Crippen molar-refractivity contribution in [2.24, 2.45) is 0 Å². The molecule has 0 unspecified atom stereocenters. The highest BCUT2D eigenvalue weighted by atomic mass is 16.5. The standard InChI is InChI=1S/C24H25N3O2/c1-16-12-17(2)21-14-19(15-25)24(27-22(21)13-16)26-11-5-4-6-23(28)18-7-9-20(29-3)10-8-18/h7-10,12-14H,4-6,11H2,1-3H3,(H,26,27). The Hall–Kier alpha value is -3.39. The number of aryl methyl sites for hydroxylation is 2. The summed E-state index contributed by atoms with van der Waals surface area (Å²) < 4.78 is 5.11. The first-order chi connectivity index (χ1) is 14.0. The SMILES string of the molecule is COc1ccc(C(=O)CCCCNc2nc3cc(C)cc(C)c3cc2C#N)cc1. The van der Waals surface area contributed by atoms with Gasteiger partial charge in [0.1, 0.15) is 17.6 Å². The number of hydrogen-bond donors (Lipinski definition) is 1. The molecular formula is C24H25N3O2. The predicted molar refractivity (Wildman–Crippen MR) is 116 cm³/mol. The number of nitriles is 1. The normalized spacial score (nSPS) is 10.6. The van der Waals surface area contributed by atoms with E-state index < -0.39 is 0 Å². The van der Waals surface area contributed by atoms with Crippen LogP contribution in [0.3, 0.4) is 0 Å². The van der Waals surface area contributed by atoms with Crippen LogP contribution in [0, 0.1) is 25.2 Å². The highest BCUT2D eigenvalue weighted by molar-refractivity contribution is 5.96. The number of carbonyl (C=O) groups is 1. The largest absolute Gasteiger partial charge is 0.497 e. The number of carbonyl (C=O) groups excluding carboxylic acids is 1. The molecule has 0 aliphatic carbocycles. The first-order valence-corrected chi connectivity index (χ1v) is 9.75. The summed E-state index contributed by atoms with van der Waals surface area (Å²) in [6.07, 6.45) is 2.08. The van der Waals surface area contributed by atoms with E-state index in [0.29, 0.717) is 29.9 Å². The summed E-state index contributed by atoms with van der Waals surface area (Å²) >= 11 is 0. The molecule has 148 valence electrons. The Bertz CT molecular complexity index is 1070. The minimum atomic E-state index is 0.125. The molecule has 0 aliphatic heterocycles. The molecule has 1 N–H and O–H groups in total. The van der Waals surface area contributed by atoms with Crippen molar-refractivity contribution in [1.82, 2.24) is 4.98 Å². The fourth-order valence-electron chi connectivity index (χ4n) is 3.39. The van der Waals surface area contributed by atoms with Crippen molar-refractivity contribution in [3.05, 3.63) is 64.7 Å². The predicted octanol–water partition coefficient (Wildman–Crippen LogP) is 5.20. The van der Waals surface area contributed by atoms with Crippen LogP contribution in [-0.4, -0.2) is 24.4 Å². The number of rotatable bonds is 8. The number of unbranched alkanes of at least 4 members (excludes halogenated alkanes) is 1. The molecule has 0 atom stereocenters. The molecule has 0 saturated heterocycles. The van der Waals surface area contributed by atoms with Crippen LogP contribution in [0.4, 0.5) is 5.82 Å². The van der Waals surface area contributed by atoms with Gasteiger partial charge in [0.25, 0.3) is 0 Å². The van der Waals surface area contributed by atoms with Crippen molar-refractivity contribution in [3.63, 3.8) is 0 Å². The van der Waals surface area contributed by atoms with Crippen LogP contribution >= 0.6 is 0 Å². The average Bonchev–Trinajstić information content (AvgIpc) is 2.72. The van der Waals surface area contributed by atoms with Gasteiger partial charge in [-0.2, -0.15) is 5.26 Å². The molecule has 5 nitrogen and oxygen atoms in total. The Balaban J connectivity index is 1.56. The lowest BCUT2D eigenvalue weighted by atomic mass is 10.0. The van der Waals surface area contributed by atoms with E-state index >= 15 is 0 Å². The molecule has 0 fully saturated rings. The Kier molecular flexibility index (Phi) is 6.46. The van der Waals surface area contributed by atoms with Crippen LogP contribution in [-0.2, 0) is 0 Å². The maximum Gasteiger partial charge on any atom is 0.162 e. The molecule has 1 aromatic heterocycles. The number of anilines is 1. The third-order valence-corrected chi connectivity index (χ3v) is 4.94. The number of ketones is 1. The second kappa shape index (κ2) is 9.20. The lowest BCUT2D eigenvalue weighted by Gasteiger charge is -2.11. The number of hydrogen-bond acceptors (Lipinski definition) is 5. The van der Waals surface area contributed by atoms with E-state index in [0.717, 1.165) is 40.6 Å². The van der Waals surface area contributed by atoms with Gasteiger partial charge in [0.05, 0.1) is 18.2 Å². The summed E-state index contributed by atoms with van der Waals surface area (Å²) in [6.45, 7) is 4.73. The zero-order valence-electron chi connectivity index (χ0n) is 17.1. The number of Topliss-reactive ketones (excluding diaryl/α,β-unsaturated/α-hetero) is 1. The molecule has 3 aromatic rings. The Morgan fingerprint density at radius 1 is 1.14 bits per heavy atom. The van der Waals surface area contributed by atoms with Crippen molar-refractivity contribution < 1.29 is 9.53 Å². The van der Waals surface area contributed by atoms with Gasteiger partial charge in [-0.3, -0.25) is 4.79 Å². The van der Waals surface area contributed by atoms with E-state index in [1.165, 1.54) is 0 Å². The lowest BCUT2D eigenvalue weighted by Crippen LogP contribution is -2.07. The van der Waals surface area contributed by atoms with Crippen molar-refractivity contribution in [2.75, 3.05) is 19.0 Å². The van der Waals surface area contributed by atoms with Gasteiger partial charge >= 0.3 is 0 Å². The molecule has 2 aromatic carbocycles. The molecule has 3 rings (SSSR count). The summed E-state index contributed by atoms with van der Waals surface area (Å²) in [7, 11) is 1.61. The number of nitrogens with zero attached hydrogens (tertiary/aromatic N) is 2. The monoisotopic (exact) mass is 387 g/mol. The smallest absolute Gasteiger partial charge is 0.162 e. The lowest BCUT2D eigenvalue weighted by molar-refractivity contribution is 0.0979. The maximum absolute atomic E-state index is 12.3. The third kappa shape index (κ3) is 4.91. The van der Waals surface area contributed by atoms with Crippen LogP contribution in [0.5, 0.6) is 5.75 Å². The highest BCUT2D eigenvalue weighted by Gasteiger charge is 2.09. The van der Waals surface area contributed by atoms with Crippen LogP contribution in [0.1, 0.15) is 46.3 Å². The zero-order chi connectivity index (χ0) is 20.8. The van der Waals surface area contributed by atoms with Gasteiger partial charge < -0.3 is 10.1 Å². The first kappa shape index (κ1) is 20.3. The van der Waals surface area contributed by atoms with Crippen molar-refractivity contribution in [3.8, 4) is 11.8 Å². The summed E-state index contributed by atoms with van der Waals surface area (Å²) in [5, 5.41) is 13.7. The van der Waals surface area contributed by atoms with Gasteiger partial charge in [-0.1, -0.05) is 6.07 Å². The number of methoxy groups -OCH3 is 1. The molecule has 5 heteroatoms. The Morgan fingerprint density at radius 2 is 1.90 bits per heavy atom.